The fourth-order valence-corrected chi connectivity index (χ4v) is 3.44. The number of hydrogen-bond donors (Lipinski definition) is 2. The van der Waals surface area contributed by atoms with Crippen molar-refractivity contribution in [2.45, 2.75) is 65.5 Å². The normalized spacial score (nSPS) is 12.7. The number of benzene rings is 2. The Kier molecular flexibility index (Phi) is 7.59. The van der Waals surface area contributed by atoms with Gasteiger partial charge in [0, 0.05) is 37.3 Å². The Labute approximate surface area is 183 Å². The standard InChI is InChI=1S/C26H40N2O2/c1-25(2,3)21-9-11-23(29)19(15-21)17-27(7)13-14-28(8)18-20-16-22(26(4,5)6)10-12-24(20)30/h9-12,15-16,29-30H,13-14,17-18H2,1-8H3. The van der Waals surface area contributed by atoms with Crippen molar-refractivity contribution in [3.05, 3.63) is 58.7 Å². The number of phenolic OH excluding ortho intramolecular Hbond substituents is 2. The molecule has 166 valence electrons. The number of nitrogens with zero attached hydrogens (tertiary/aromatic N) is 2. The molecule has 4 heteroatoms. The zero-order valence-electron chi connectivity index (χ0n) is 20.1. The lowest BCUT2D eigenvalue weighted by Gasteiger charge is -2.25. The predicted molar refractivity (Wildman–Crippen MR) is 126 cm³/mol. The first-order valence-corrected chi connectivity index (χ1v) is 10.8. The van der Waals surface area contributed by atoms with Crippen LogP contribution in [0.25, 0.3) is 0 Å². The van der Waals surface area contributed by atoms with Gasteiger partial charge in [-0.25, -0.2) is 0 Å². The lowest BCUT2D eigenvalue weighted by Crippen LogP contribution is -2.30. The minimum Gasteiger partial charge on any atom is -0.508 e. The maximum Gasteiger partial charge on any atom is 0.120 e. The summed E-state index contributed by atoms with van der Waals surface area (Å²) in [7, 11) is 4.16. The second kappa shape index (κ2) is 9.40. The molecule has 0 aliphatic rings. The molecule has 0 saturated heterocycles. The van der Waals surface area contributed by atoms with Gasteiger partial charge in [-0.3, -0.25) is 0 Å². The van der Waals surface area contributed by atoms with E-state index in [2.05, 4.69) is 77.6 Å². The summed E-state index contributed by atoms with van der Waals surface area (Å²) in [4.78, 5) is 4.45. The molecule has 0 atom stereocenters. The van der Waals surface area contributed by atoms with Gasteiger partial charge in [-0.2, -0.15) is 0 Å². The highest BCUT2D eigenvalue weighted by Crippen LogP contribution is 2.29. The van der Waals surface area contributed by atoms with E-state index in [4.69, 9.17) is 0 Å². The molecule has 0 fully saturated rings. The van der Waals surface area contributed by atoms with Crippen LogP contribution >= 0.6 is 0 Å². The van der Waals surface area contributed by atoms with Gasteiger partial charge in [0.25, 0.3) is 0 Å². The van der Waals surface area contributed by atoms with E-state index in [1.807, 2.05) is 12.1 Å². The predicted octanol–water partition coefficient (Wildman–Crippen LogP) is 5.26. The largest absolute Gasteiger partial charge is 0.508 e. The van der Waals surface area contributed by atoms with Crippen LogP contribution in [-0.4, -0.2) is 47.2 Å². The first kappa shape index (κ1) is 24.2. The minimum atomic E-state index is 0.0604. The molecular weight excluding hydrogens is 372 g/mol. The average molecular weight is 413 g/mol. The topological polar surface area (TPSA) is 46.9 Å². The first-order valence-electron chi connectivity index (χ1n) is 10.8. The van der Waals surface area contributed by atoms with Gasteiger partial charge in [0.05, 0.1) is 0 Å². The molecule has 0 amide bonds. The molecule has 2 N–H and O–H groups in total. The summed E-state index contributed by atoms with van der Waals surface area (Å²) in [5.41, 5.74) is 4.51. The van der Waals surface area contributed by atoms with Crippen LogP contribution in [0.5, 0.6) is 11.5 Å². The molecule has 0 saturated carbocycles. The Morgan fingerprint density at radius 1 is 0.633 bits per heavy atom. The van der Waals surface area contributed by atoms with E-state index in [1.165, 1.54) is 11.1 Å². The maximum atomic E-state index is 10.3. The SMILES string of the molecule is CN(CCN(C)Cc1cc(C(C)(C)C)ccc1O)Cc1cc(C(C)(C)C)ccc1O. The monoisotopic (exact) mass is 412 g/mol. The Morgan fingerprint density at radius 3 is 1.27 bits per heavy atom. The number of phenols is 2. The second-order valence-electron chi connectivity index (χ2n) is 10.7. The van der Waals surface area contributed by atoms with Crippen LogP contribution in [0.1, 0.15) is 63.8 Å². The Morgan fingerprint density at radius 2 is 0.967 bits per heavy atom. The molecule has 0 aliphatic carbocycles. The van der Waals surface area contributed by atoms with Crippen LogP contribution in [0.15, 0.2) is 36.4 Å². The lowest BCUT2D eigenvalue weighted by atomic mass is 9.86. The molecule has 0 radical (unpaired) electrons. The number of hydrogen-bond acceptors (Lipinski definition) is 4. The van der Waals surface area contributed by atoms with Gasteiger partial charge in [-0.1, -0.05) is 65.8 Å². The second-order valence-corrected chi connectivity index (χ2v) is 10.7. The fraction of sp³-hybridized carbons (Fsp3) is 0.538. The van der Waals surface area contributed by atoms with Crippen LogP contribution in [0.4, 0.5) is 0 Å². The zero-order chi connectivity index (χ0) is 22.7. The molecule has 2 aromatic carbocycles. The third kappa shape index (κ3) is 6.75. The van der Waals surface area contributed by atoms with Crippen molar-refractivity contribution in [3.8, 4) is 11.5 Å². The smallest absolute Gasteiger partial charge is 0.120 e. The summed E-state index contributed by atoms with van der Waals surface area (Å²) < 4.78 is 0. The van der Waals surface area contributed by atoms with Gasteiger partial charge in [-0.05, 0) is 48.2 Å². The van der Waals surface area contributed by atoms with E-state index in [0.29, 0.717) is 24.6 Å². The van der Waals surface area contributed by atoms with Gasteiger partial charge in [-0.15, -0.1) is 0 Å². The Bertz CT molecular complexity index is 776. The molecule has 4 nitrogen and oxygen atoms in total. The van der Waals surface area contributed by atoms with Crippen LogP contribution in [0.2, 0.25) is 0 Å². The minimum absolute atomic E-state index is 0.0604. The summed E-state index contributed by atoms with van der Waals surface area (Å²) in [6, 6.07) is 11.9. The number of likely N-dealkylation sites (N-methyl/N-ethyl adjacent to an activating group) is 2. The van der Waals surface area contributed by atoms with E-state index < -0.39 is 0 Å². The van der Waals surface area contributed by atoms with E-state index in [-0.39, 0.29) is 10.8 Å². The summed E-state index contributed by atoms with van der Waals surface area (Å²) in [5.74, 6) is 0.708. The summed E-state index contributed by atoms with van der Waals surface area (Å²) in [5, 5.41) is 20.6. The van der Waals surface area contributed by atoms with E-state index in [1.54, 1.807) is 12.1 Å². The first-order chi connectivity index (χ1) is 13.8. The molecule has 0 spiro atoms. The average Bonchev–Trinajstić information content (AvgIpc) is 2.62. The highest BCUT2D eigenvalue weighted by atomic mass is 16.3. The Hall–Kier alpha value is -2.04. The van der Waals surface area contributed by atoms with Crippen molar-refractivity contribution in [1.29, 1.82) is 0 Å². The van der Waals surface area contributed by atoms with Crippen LogP contribution in [-0.2, 0) is 23.9 Å². The van der Waals surface area contributed by atoms with Crippen molar-refractivity contribution in [2.75, 3.05) is 27.2 Å². The maximum absolute atomic E-state index is 10.3. The third-order valence-corrected chi connectivity index (χ3v) is 5.64. The molecule has 2 rings (SSSR count). The molecule has 0 aliphatic heterocycles. The van der Waals surface area contributed by atoms with Gasteiger partial charge in [0.15, 0.2) is 0 Å². The number of aromatic hydroxyl groups is 2. The zero-order valence-corrected chi connectivity index (χ0v) is 20.1. The van der Waals surface area contributed by atoms with Gasteiger partial charge in [0.2, 0.25) is 0 Å². The van der Waals surface area contributed by atoms with Crippen LogP contribution < -0.4 is 0 Å². The van der Waals surface area contributed by atoms with Crippen molar-refractivity contribution < 1.29 is 10.2 Å². The highest BCUT2D eigenvalue weighted by molar-refractivity contribution is 5.39. The summed E-state index contributed by atoms with van der Waals surface area (Å²) in [6.45, 7) is 16.3. The van der Waals surface area contributed by atoms with Gasteiger partial charge >= 0.3 is 0 Å². The van der Waals surface area contributed by atoms with E-state index in [9.17, 15) is 10.2 Å². The highest BCUT2D eigenvalue weighted by Gasteiger charge is 2.17. The molecule has 0 heterocycles. The molecule has 2 aromatic rings. The molecule has 0 aromatic heterocycles. The fourth-order valence-electron chi connectivity index (χ4n) is 3.44. The van der Waals surface area contributed by atoms with E-state index >= 15 is 0 Å². The Balaban J connectivity index is 1.97. The molecule has 0 unspecified atom stereocenters. The van der Waals surface area contributed by atoms with Crippen LogP contribution in [0.3, 0.4) is 0 Å². The lowest BCUT2D eigenvalue weighted by molar-refractivity contribution is 0.243. The molecule has 30 heavy (non-hydrogen) atoms. The van der Waals surface area contributed by atoms with Crippen LogP contribution in [0, 0.1) is 0 Å². The summed E-state index contributed by atoms with van der Waals surface area (Å²) in [6.07, 6.45) is 0. The van der Waals surface area contributed by atoms with E-state index in [0.717, 1.165) is 24.2 Å². The van der Waals surface area contributed by atoms with Crippen molar-refractivity contribution >= 4 is 0 Å². The number of rotatable bonds is 7. The molecule has 0 bridgehead atoms. The summed E-state index contributed by atoms with van der Waals surface area (Å²) >= 11 is 0. The quantitative estimate of drug-likeness (QED) is 0.651. The van der Waals surface area contributed by atoms with Crippen molar-refractivity contribution in [1.82, 2.24) is 9.80 Å². The van der Waals surface area contributed by atoms with Gasteiger partial charge in [0.1, 0.15) is 11.5 Å². The van der Waals surface area contributed by atoms with Crippen molar-refractivity contribution in [2.24, 2.45) is 0 Å². The molecular formula is C26H40N2O2. The third-order valence-electron chi connectivity index (χ3n) is 5.64. The van der Waals surface area contributed by atoms with Gasteiger partial charge < -0.3 is 20.0 Å². The van der Waals surface area contributed by atoms with Crippen molar-refractivity contribution in [3.63, 3.8) is 0 Å².